The van der Waals surface area contributed by atoms with Crippen LogP contribution in [0.2, 0.25) is 0 Å². The van der Waals surface area contributed by atoms with Crippen LogP contribution in [-0.4, -0.2) is 14.5 Å². The van der Waals surface area contributed by atoms with Gasteiger partial charge in [-0.2, -0.15) is 0 Å². The average Bonchev–Trinajstić information content (AvgIpc) is 3.93. The van der Waals surface area contributed by atoms with Crippen molar-refractivity contribution in [2.75, 3.05) is 0 Å². The number of para-hydroxylation sites is 3. The molecular weight excluding hydrogens is 675 g/mol. The molecule has 9 aromatic carbocycles. The molecule has 0 aliphatic heterocycles. The van der Waals surface area contributed by atoms with Gasteiger partial charge < -0.3 is 8.83 Å². The summed E-state index contributed by atoms with van der Waals surface area (Å²) in [6.45, 7) is 0. The Morgan fingerprint density at radius 3 is 1.76 bits per heavy atom. The van der Waals surface area contributed by atoms with Gasteiger partial charge >= 0.3 is 0 Å². The number of rotatable bonds is 2. The first-order valence-corrected chi connectivity index (χ1v) is 18.6. The summed E-state index contributed by atoms with van der Waals surface area (Å²) in [4.78, 5) is 11.0. The molecule has 0 spiro atoms. The minimum atomic E-state index is 0.579. The zero-order chi connectivity index (χ0) is 35.8. The van der Waals surface area contributed by atoms with Gasteiger partial charge in [0.05, 0.1) is 16.7 Å². The summed E-state index contributed by atoms with van der Waals surface area (Å²) in [6.07, 6.45) is 0. The first-order valence-electron chi connectivity index (χ1n) is 18.6. The highest BCUT2D eigenvalue weighted by Crippen LogP contribution is 2.48. The fourth-order valence-electron chi connectivity index (χ4n) is 9.30. The number of nitrogens with zero attached hydrogens (tertiary/aromatic N) is 3. The SMILES string of the molecule is c1ccc2c(c1)ccc1c2c2c3ccccc3c3c4ccccc4oc3c2n1-c1nc(-c2cc3oc4ccccc4c3c3ccccc23)c2ccccc2n1. The zero-order valence-corrected chi connectivity index (χ0v) is 29.2. The van der Waals surface area contributed by atoms with Crippen LogP contribution in [0.5, 0.6) is 0 Å². The fourth-order valence-corrected chi connectivity index (χ4v) is 9.30. The van der Waals surface area contributed by atoms with E-state index in [1.807, 2.05) is 24.3 Å². The molecule has 5 nitrogen and oxygen atoms in total. The summed E-state index contributed by atoms with van der Waals surface area (Å²) in [5.74, 6) is 0.579. The quantitative estimate of drug-likeness (QED) is 0.180. The van der Waals surface area contributed by atoms with Gasteiger partial charge in [0.2, 0.25) is 5.95 Å². The van der Waals surface area contributed by atoms with Gasteiger partial charge in [0, 0.05) is 43.3 Å². The minimum Gasteiger partial charge on any atom is -0.456 e. The molecule has 0 amide bonds. The number of fused-ring (bicyclic) bond motifs is 18. The van der Waals surface area contributed by atoms with Crippen molar-refractivity contribution in [3.05, 3.63) is 164 Å². The molecule has 0 saturated heterocycles. The maximum absolute atomic E-state index is 6.93. The molecule has 0 atom stereocenters. The van der Waals surface area contributed by atoms with E-state index in [0.29, 0.717) is 5.95 Å². The second-order valence-electron chi connectivity index (χ2n) is 14.4. The largest absolute Gasteiger partial charge is 0.456 e. The van der Waals surface area contributed by atoms with E-state index in [2.05, 4.69) is 144 Å². The Morgan fingerprint density at radius 1 is 0.400 bits per heavy atom. The first kappa shape index (κ1) is 29.0. The molecule has 0 saturated carbocycles. The van der Waals surface area contributed by atoms with E-state index in [4.69, 9.17) is 18.8 Å². The molecule has 0 aliphatic carbocycles. The maximum atomic E-state index is 6.93. The third-order valence-electron chi connectivity index (χ3n) is 11.6. The van der Waals surface area contributed by atoms with Gasteiger partial charge in [-0.15, -0.1) is 0 Å². The van der Waals surface area contributed by atoms with Crippen molar-refractivity contribution in [3.63, 3.8) is 0 Å². The van der Waals surface area contributed by atoms with Crippen molar-refractivity contribution in [1.82, 2.24) is 14.5 Å². The van der Waals surface area contributed by atoms with Crippen LogP contribution in [-0.2, 0) is 0 Å². The molecule has 0 radical (unpaired) electrons. The number of aromatic nitrogens is 3. The second-order valence-corrected chi connectivity index (χ2v) is 14.4. The van der Waals surface area contributed by atoms with Crippen molar-refractivity contribution in [3.8, 4) is 17.2 Å². The summed E-state index contributed by atoms with van der Waals surface area (Å²) in [5, 5.41) is 14.6. The van der Waals surface area contributed by atoms with E-state index in [0.717, 1.165) is 104 Å². The van der Waals surface area contributed by atoms with E-state index < -0.39 is 0 Å². The predicted molar refractivity (Wildman–Crippen MR) is 226 cm³/mol. The Balaban J connectivity index is 1.24. The van der Waals surface area contributed by atoms with Crippen molar-refractivity contribution in [1.29, 1.82) is 0 Å². The molecule has 4 aromatic heterocycles. The van der Waals surface area contributed by atoms with Crippen molar-refractivity contribution >= 4 is 109 Å². The number of hydrogen-bond acceptors (Lipinski definition) is 4. The van der Waals surface area contributed by atoms with Crippen LogP contribution in [0.1, 0.15) is 0 Å². The summed E-state index contributed by atoms with van der Waals surface area (Å²) in [5.41, 5.74) is 8.04. The van der Waals surface area contributed by atoms with Crippen LogP contribution >= 0.6 is 0 Å². The molecular formula is C50H27N3O2. The van der Waals surface area contributed by atoms with Crippen LogP contribution < -0.4 is 0 Å². The molecule has 55 heavy (non-hydrogen) atoms. The molecule has 254 valence electrons. The average molecular weight is 702 g/mol. The van der Waals surface area contributed by atoms with Gasteiger partial charge in [-0.1, -0.05) is 133 Å². The van der Waals surface area contributed by atoms with Crippen LogP contribution in [0.15, 0.2) is 173 Å². The van der Waals surface area contributed by atoms with Gasteiger partial charge in [0.15, 0.2) is 5.58 Å². The second kappa shape index (κ2) is 10.6. The van der Waals surface area contributed by atoms with Crippen molar-refractivity contribution in [2.24, 2.45) is 0 Å². The summed E-state index contributed by atoms with van der Waals surface area (Å²) in [6, 6.07) is 57.4. The van der Waals surface area contributed by atoms with E-state index in [1.165, 1.54) is 16.2 Å². The topological polar surface area (TPSA) is 57.0 Å². The monoisotopic (exact) mass is 701 g/mol. The Hall–Kier alpha value is -7.50. The van der Waals surface area contributed by atoms with Gasteiger partial charge in [-0.05, 0) is 62.6 Å². The lowest BCUT2D eigenvalue weighted by molar-refractivity contribution is 0.669. The van der Waals surface area contributed by atoms with Crippen molar-refractivity contribution in [2.45, 2.75) is 0 Å². The van der Waals surface area contributed by atoms with Gasteiger partial charge in [-0.3, -0.25) is 4.57 Å². The van der Waals surface area contributed by atoms with E-state index in [-0.39, 0.29) is 0 Å². The molecule has 5 heteroatoms. The van der Waals surface area contributed by atoms with E-state index >= 15 is 0 Å². The lowest BCUT2D eigenvalue weighted by Gasteiger charge is -2.14. The standard InChI is InChI=1S/C50H27N3O2/c1-2-14-29-28(13-1)25-26-39-45(29)46-33-18-6-5-17-32(33)44-36-21-9-12-24-41(36)55-49(44)48(46)53(39)50-51-38-22-10-7-19-34(38)47(52-50)37-27-42-43(31-16-4-3-15-30(31)37)35-20-8-11-23-40(35)54-42/h1-27H. The van der Waals surface area contributed by atoms with Crippen molar-refractivity contribution < 1.29 is 8.83 Å². The predicted octanol–water partition coefficient (Wildman–Crippen LogP) is 13.7. The highest BCUT2D eigenvalue weighted by molar-refractivity contribution is 6.38. The minimum absolute atomic E-state index is 0.579. The highest BCUT2D eigenvalue weighted by atomic mass is 16.3. The normalized spacial score (nSPS) is 12.4. The van der Waals surface area contributed by atoms with Gasteiger partial charge in [0.25, 0.3) is 0 Å². The number of hydrogen-bond donors (Lipinski definition) is 0. The van der Waals surface area contributed by atoms with Crippen LogP contribution in [0.3, 0.4) is 0 Å². The lowest BCUT2D eigenvalue weighted by atomic mass is 9.96. The molecule has 0 unspecified atom stereocenters. The molecule has 13 rings (SSSR count). The van der Waals surface area contributed by atoms with Crippen LogP contribution in [0.25, 0.3) is 126 Å². The van der Waals surface area contributed by atoms with Crippen LogP contribution in [0.4, 0.5) is 0 Å². The molecule has 0 aliphatic rings. The molecule has 0 bridgehead atoms. The fraction of sp³-hybridized carbons (Fsp3) is 0. The maximum Gasteiger partial charge on any atom is 0.235 e. The number of benzene rings is 9. The molecule has 4 heterocycles. The third kappa shape index (κ3) is 3.81. The van der Waals surface area contributed by atoms with E-state index in [1.54, 1.807) is 0 Å². The Morgan fingerprint density at radius 2 is 0.982 bits per heavy atom. The third-order valence-corrected chi connectivity index (χ3v) is 11.6. The molecule has 0 N–H and O–H groups in total. The summed E-state index contributed by atoms with van der Waals surface area (Å²) >= 11 is 0. The van der Waals surface area contributed by atoms with Gasteiger partial charge in [-0.25, -0.2) is 9.97 Å². The summed E-state index contributed by atoms with van der Waals surface area (Å²) in [7, 11) is 0. The lowest BCUT2D eigenvalue weighted by Crippen LogP contribution is -2.04. The van der Waals surface area contributed by atoms with Crippen LogP contribution in [0, 0.1) is 0 Å². The Bertz CT molecular complexity index is 3790. The number of furan rings is 2. The Labute approximate surface area is 312 Å². The summed E-state index contributed by atoms with van der Waals surface area (Å²) < 4.78 is 15.7. The zero-order valence-electron chi connectivity index (χ0n) is 29.2. The van der Waals surface area contributed by atoms with Gasteiger partial charge in [0.1, 0.15) is 22.3 Å². The smallest absolute Gasteiger partial charge is 0.235 e. The first-order chi connectivity index (χ1) is 27.3. The van der Waals surface area contributed by atoms with E-state index in [9.17, 15) is 0 Å². The molecule has 0 fully saturated rings. The highest BCUT2D eigenvalue weighted by Gasteiger charge is 2.26. The Kier molecular flexibility index (Phi) is 5.57. The molecule has 13 aromatic rings.